The van der Waals surface area contributed by atoms with Crippen LogP contribution in [0.3, 0.4) is 0 Å². The molecule has 0 aliphatic carbocycles. The molecule has 0 atom stereocenters. The zero-order chi connectivity index (χ0) is 17.3. The van der Waals surface area contributed by atoms with Crippen LogP contribution >= 0.6 is 0 Å². The third-order valence-electron chi connectivity index (χ3n) is 4.45. The zero-order valence-electron chi connectivity index (χ0n) is 13.8. The van der Waals surface area contributed by atoms with Crippen molar-refractivity contribution in [2.45, 2.75) is 0 Å². The highest BCUT2D eigenvalue weighted by molar-refractivity contribution is 5.94. The highest BCUT2D eigenvalue weighted by Crippen LogP contribution is 2.29. The number of anilines is 2. The van der Waals surface area contributed by atoms with Crippen LogP contribution in [-0.4, -0.2) is 19.9 Å². The summed E-state index contributed by atoms with van der Waals surface area (Å²) in [6.45, 7) is 0. The van der Waals surface area contributed by atoms with Crippen LogP contribution in [-0.2, 0) is 0 Å². The fraction of sp³-hybridized carbons (Fsp3) is 0. The van der Waals surface area contributed by atoms with Crippen molar-refractivity contribution in [2.24, 2.45) is 0 Å². The number of nitrogens with zero attached hydrogens (tertiary/aromatic N) is 3. The third kappa shape index (κ3) is 2.56. The molecule has 5 nitrogen and oxygen atoms in total. The molecule has 0 aliphatic heterocycles. The summed E-state index contributed by atoms with van der Waals surface area (Å²) in [5, 5.41) is 5.56. The first kappa shape index (κ1) is 14.6. The van der Waals surface area contributed by atoms with Gasteiger partial charge in [-0.15, -0.1) is 0 Å². The van der Waals surface area contributed by atoms with Gasteiger partial charge in [-0.2, -0.15) is 0 Å². The Balaban J connectivity index is 1.60. The summed E-state index contributed by atoms with van der Waals surface area (Å²) >= 11 is 0. The third-order valence-corrected chi connectivity index (χ3v) is 4.45. The van der Waals surface area contributed by atoms with E-state index in [1.165, 1.54) is 0 Å². The minimum atomic E-state index is 0.788. The summed E-state index contributed by atoms with van der Waals surface area (Å²) in [5.74, 6) is 0.788. The monoisotopic (exact) mass is 337 g/mol. The lowest BCUT2D eigenvalue weighted by molar-refractivity contribution is 1.22. The molecule has 0 spiro atoms. The molecule has 124 valence electrons. The van der Waals surface area contributed by atoms with Gasteiger partial charge in [0.25, 0.3) is 0 Å². The Morgan fingerprint density at radius 3 is 2.81 bits per heavy atom. The summed E-state index contributed by atoms with van der Waals surface area (Å²) < 4.78 is 0. The molecule has 0 aliphatic rings. The SMILES string of the molecule is c1cncc(-c2ccc3ncnc(Nc4ccc5[nH]ccc5c4)c3c2)c1. The van der Waals surface area contributed by atoms with Gasteiger partial charge in [0.2, 0.25) is 0 Å². The lowest BCUT2D eigenvalue weighted by Crippen LogP contribution is -1.96. The van der Waals surface area contributed by atoms with Crippen molar-refractivity contribution >= 4 is 33.3 Å². The molecule has 5 aromatic rings. The maximum absolute atomic E-state index is 4.46. The molecule has 0 fully saturated rings. The maximum atomic E-state index is 4.46. The van der Waals surface area contributed by atoms with E-state index < -0.39 is 0 Å². The fourth-order valence-electron chi connectivity index (χ4n) is 3.14. The Morgan fingerprint density at radius 1 is 0.885 bits per heavy atom. The molecule has 0 saturated carbocycles. The normalized spacial score (nSPS) is 11.1. The minimum absolute atomic E-state index is 0.788. The van der Waals surface area contributed by atoms with Gasteiger partial charge in [0.1, 0.15) is 12.1 Å². The smallest absolute Gasteiger partial charge is 0.141 e. The van der Waals surface area contributed by atoms with Crippen LogP contribution in [0, 0.1) is 0 Å². The van der Waals surface area contributed by atoms with Crippen LogP contribution < -0.4 is 5.32 Å². The number of pyridine rings is 1. The van der Waals surface area contributed by atoms with Crippen LogP contribution in [0.4, 0.5) is 11.5 Å². The molecule has 2 aromatic carbocycles. The molecule has 0 saturated heterocycles. The van der Waals surface area contributed by atoms with Gasteiger partial charge in [0.15, 0.2) is 0 Å². The van der Waals surface area contributed by atoms with Gasteiger partial charge in [-0.1, -0.05) is 12.1 Å². The summed E-state index contributed by atoms with van der Waals surface area (Å²) in [4.78, 5) is 16.3. The molecule has 5 rings (SSSR count). The number of hydrogen-bond donors (Lipinski definition) is 2. The van der Waals surface area contributed by atoms with E-state index in [4.69, 9.17) is 0 Å². The zero-order valence-corrected chi connectivity index (χ0v) is 13.8. The van der Waals surface area contributed by atoms with Crippen molar-refractivity contribution in [1.82, 2.24) is 19.9 Å². The second-order valence-corrected chi connectivity index (χ2v) is 6.10. The topological polar surface area (TPSA) is 66.5 Å². The maximum Gasteiger partial charge on any atom is 0.141 e. The van der Waals surface area contributed by atoms with Crippen molar-refractivity contribution in [3.63, 3.8) is 0 Å². The van der Waals surface area contributed by atoms with Crippen LogP contribution in [0.2, 0.25) is 0 Å². The van der Waals surface area contributed by atoms with E-state index in [1.54, 1.807) is 12.5 Å². The molecule has 0 amide bonds. The van der Waals surface area contributed by atoms with Crippen molar-refractivity contribution in [3.8, 4) is 11.1 Å². The van der Waals surface area contributed by atoms with Crippen molar-refractivity contribution in [1.29, 1.82) is 0 Å². The van der Waals surface area contributed by atoms with E-state index >= 15 is 0 Å². The van der Waals surface area contributed by atoms with Gasteiger partial charge in [-0.3, -0.25) is 4.98 Å². The summed E-state index contributed by atoms with van der Waals surface area (Å²) in [7, 11) is 0. The second-order valence-electron chi connectivity index (χ2n) is 6.10. The predicted molar refractivity (Wildman–Crippen MR) is 104 cm³/mol. The predicted octanol–water partition coefficient (Wildman–Crippen LogP) is 4.92. The lowest BCUT2D eigenvalue weighted by atomic mass is 10.1. The van der Waals surface area contributed by atoms with E-state index in [2.05, 4.69) is 55.6 Å². The molecule has 5 heteroatoms. The van der Waals surface area contributed by atoms with E-state index in [-0.39, 0.29) is 0 Å². The molecule has 3 heterocycles. The highest BCUT2D eigenvalue weighted by atomic mass is 15.0. The lowest BCUT2D eigenvalue weighted by Gasteiger charge is -2.10. The number of fused-ring (bicyclic) bond motifs is 2. The minimum Gasteiger partial charge on any atom is -0.361 e. The highest BCUT2D eigenvalue weighted by Gasteiger charge is 2.07. The van der Waals surface area contributed by atoms with Gasteiger partial charge < -0.3 is 10.3 Å². The van der Waals surface area contributed by atoms with Gasteiger partial charge in [-0.05, 0) is 48.0 Å². The van der Waals surface area contributed by atoms with E-state index in [1.807, 2.05) is 36.7 Å². The van der Waals surface area contributed by atoms with Crippen LogP contribution in [0.25, 0.3) is 32.9 Å². The van der Waals surface area contributed by atoms with Crippen molar-refractivity contribution in [2.75, 3.05) is 5.32 Å². The standard InChI is InChI=1S/C21H15N5/c1-2-16(12-22-8-1)14-3-5-20-18(11-14)21(25-13-24-20)26-17-4-6-19-15(10-17)7-9-23-19/h1-13,23H,(H,24,25,26). The Hall–Kier alpha value is -3.73. The number of H-pyrrole nitrogens is 1. The van der Waals surface area contributed by atoms with Gasteiger partial charge in [0.05, 0.1) is 5.52 Å². The average molecular weight is 337 g/mol. The first-order valence-electron chi connectivity index (χ1n) is 8.36. The Bertz CT molecular complexity index is 1210. The van der Waals surface area contributed by atoms with Gasteiger partial charge in [-0.25, -0.2) is 9.97 Å². The Labute approximate surface area is 149 Å². The molecular formula is C21H15N5. The Morgan fingerprint density at radius 2 is 1.88 bits per heavy atom. The molecule has 0 radical (unpaired) electrons. The number of benzene rings is 2. The second kappa shape index (κ2) is 5.97. The average Bonchev–Trinajstić information content (AvgIpc) is 3.16. The number of aromatic nitrogens is 4. The van der Waals surface area contributed by atoms with Gasteiger partial charge >= 0.3 is 0 Å². The quantitative estimate of drug-likeness (QED) is 0.490. The van der Waals surface area contributed by atoms with Crippen LogP contribution in [0.5, 0.6) is 0 Å². The first-order valence-corrected chi connectivity index (χ1v) is 8.36. The molecular weight excluding hydrogens is 322 g/mol. The summed E-state index contributed by atoms with van der Waals surface area (Å²) in [6, 6.07) is 18.4. The molecule has 2 N–H and O–H groups in total. The molecule has 26 heavy (non-hydrogen) atoms. The van der Waals surface area contributed by atoms with Crippen LogP contribution in [0.15, 0.2) is 79.5 Å². The number of nitrogens with one attached hydrogen (secondary N) is 2. The first-order chi connectivity index (χ1) is 12.9. The van der Waals surface area contributed by atoms with E-state index in [0.717, 1.165) is 44.4 Å². The van der Waals surface area contributed by atoms with Crippen molar-refractivity contribution in [3.05, 3.63) is 79.5 Å². The Kier molecular flexibility index (Phi) is 3.35. The molecule has 0 bridgehead atoms. The van der Waals surface area contributed by atoms with E-state index in [9.17, 15) is 0 Å². The number of hydrogen-bond acceptors (Lipinski definition) is 4. The largest absolute Gasteiger partial charge is 0.361 e. The van der Waals surface area contributed by atoms with E-state index in [0.29, 0.717) is 0 Å². The number of aromatic amines is 1. The molecule has 0 unspecified atom stereocenters. The summed E-state index contributed by atoms with van der Waals surface area (Å²) in [6.07, 6.45) is 7.16. The van der Waals surface area contributed by atoms with Gasteiger partial charge in [0, 0.05) is 46.1 Å². The fourth-order valence-corrected chi connectivity index (χ4v) is 3.14. The molecule has 3 aromatic heterocycles. The van der Waals surface area contributed by atoms with Crippen molar-refractivity contribution < 1.29 is 0 Å². The van der Waals surface area contributed by atoms with Crippen LogP contribution in [0.1, 0.15) is 0 Å². The number of rotatable bonds is 3. The summed E-state index contributed by atoms with van der Waals surface area (Å²) in [5.41, 5.74) is 5.16.